The van der Waals surface area contributed by atoms with Crippen molar-refractivity contribution in [3.05, 3.63) is 45.0 Å². The average Bonchev–Trinajstić information content (AvgIpc) is 3.52. The van der Waals surface area contributed by atoms with E-state index in [-0.39, 0.29) is 88.1 Å². The van der Waals surface area contributed by atoms with Gasteiger partial charge in [0.2, 0.25) is 12.7 Å². The van der Waals surface area contributed by atoms with Crippen LogP contribution in [0.15, 0.2) is 6.07 Å². The number of amides is 2. The van der Waals surface area contributed by atoms with Crippen molar-refractivity contribution in [2.24, 2.45) is 0 Å². The summed E-state index contributed by atoms with van der Waals surface area (Å²) in [6.45, 7) is 12.9. The van der Waals surface area contributed by atoms with E-state index in [1.54, 1.807) is 41.7 Å². The SMILES string of the molecule is COCOc1c(C)c(C)cc2c1C1C3Cc4c(O)c(C)c5c(c4[C@H](CNC(=O)[C@H](C)NC(=O)OC(C)(C)C)N3[C@@H](C#N)[C@H](C2)N1C)OCO5.[Ac]. The second-order valence-electron chi connectivity index (χ2n) is 14.5. The molecule has 2 aromatic rings. The van der Waals surface area contributed by atoms with Crippen LogP contribution in [0.5, 0.6) is 23.0 Å². The van der Waals surface area contributed by atoms with Gasteiger partial charge in [-0.25, -0.2) is 4.79 Å². The van der Waals surface area contributed by atoms with E-state index in [4.69, 9.17) is 23.7 Å². The summed E-state index contributed by atoms with van der Waals surface area (Å²) in [6, 6.07) is 2.09. The number of rotatable bonds is 7. The van der Waals surface area contributed by atoms with Crippen molar-refractivity contribution in [3.8, 4) is 29.1 Å². The van der Waals surface area contributed by atoms with Gasteiger partial charge in [0.1, 0.15) is 29.2 Å². The predicted octanol–water partition coefficient (Wildman–Crippen LogP) is 3.83. The van der Waals surface area contributed by atoms with Crippen molar-refractivity contribution in [2.45, 2.75) is 103 Å². The Labute approximate surface area is 329 Å². The molecule has 0 aliphatic carbocycles. The van der Waals surface area contributed by atoms with Crippen LogP contribution in [0.2, 0.25) is 0 Å². The van der Waals surface area contributed by atoms with E-state index in [1.807, 2.05) is 6.92 Å². The van der Waals surface area contributed by atoms with Gasteiger partial charge in [-0.15, -0.1) is 0 Å². The summed E-state index contributed by atoms with van der Waals surface area (Å²) in [6.07, 6.45) is 0.331. The molecule has 0 saturated carbocycles. The number of nitrogens with one attached hydrogen (secondary N) is 2. The van der Waals surface area contributed by atoms with Crippen LogP contribution in [0.1, 0.15) is 78.7 Å². The Morgan fingerprint density at radius 2 is 1.82 bits per heavy atom. The Morgan fingerprint density at radius 3 is 2.48 bits per heavy atom. The first-order chi connectivity index (χ1) is 23.2. The van der Waals surface area contributed by atoms with Crippen LogP contribution in [0, 0.1) is 76.2 Å². The monoisotopic (exact) mass is 904 g/mol. The number of hydrogen-bond acceptors (Lipinski definition) is 11. The van der Waals surface area contributed by atoms with Crippen molar-refractivity contribution in [1.82, 2.24) is 20.4 Å². The largest absolute Gasteiger partial charge is 0.507 e. The maximum atomic E-state index is 13.5. The standard InChI is InChI=1S/C36H47N5O8.Ac/c1-17-10-21-11-23-25(13-37)41-24(29(40(23)8)27(21)31(18(17)2)46-15-45-9)12-22-28(33-32(47-16-48-33)19(3)30(22)42)26(41)14-38-34(43)20(4)39-35(44)49-36(5,6)7;/h10,20,23-26,29,42H,11-12,14-16H2,1-9H3,(H,38,43)(H,39,44);/t20-,23-,24?,25-,26-,29?;/m0./s1. The van der Waals surface area contributed by atoms with E-state index in [0.717, 1.165) is 28.0 Å². The molecule has 2 bridgehead atoms. The third-order valence-corrected chi connectivity index (χ3v) is 10.4. The van der Waals surface area contributed by atoms with Gasteiger partial charge in [0.15, 0.2) is 18.3 Å². The first kappa shape index (κ1) is 38.4. The Bertz CT molecular complexity index is 1720. The van der Waals surface area contributed by atoms with E-state index in [0.29, 0.717) is 41.0 Å². The number of phenolic OH excluding ortho intramolecular Hbond substituents is 1. The second kappa shape index (κ2) is 14.7. The predicted molar refractivity (Wildman–Crippen MR) is 179 cm³/mol. The summed E-state index contributed by atoms with van der Waals surface area (Å²) in [4.78, 5) is 30.4. The molecule has 0 aromatic heterocycles. The summed E-state index contributed by atoms with van der Waals surface area (Å²) in [5, 5.41) is 28.2. The van der Waals surface area contributed by atoms with Crippen LogP contribution in [0.25, 0.3) is 0 Å². The van der Waals surface area contributed by atoms with Crippen molar-refractivity contribution in [2.75, 3.05) is 34.3 Å². The van der Waals surface area contributed by atoms with Crippen LogP contribution in [-0.4, -0.2) is 91.0 Å². The van der Waals surface area contributed by atoms with Gasteiger partial charge in [-0.3, -0.25) is 14.6 Å². The zero-order valence-electron chi connectivity index (χ0n) is 30.3. The van der Waals surface area contributed by atoms with E-state index >= 15 is 0 Å². The molecule has 0 spiro atoms. The molecule has 13 nitrogen and oxygen atoms in total. The Balaban J connectivity index is 0.00000486. The molecule has 2 unspecified atom stereocenters. The van der Waals surface area contributed by atoms with E-state index in [9.17, 15) is 20.0 Å². The molecule has 4 heterocycles. The number of aromatic hydroxyl groups is 1. The fraction of sp³-hybridized carbons (Fsp3) is 0.583. The fourth-order valence-electron chi connectivity index (χ4n) is 8.09. The molecule has 50 heavy (non-hydrogen) atoms. The molecule has 1 fully saturated rings. The molecule has 1 saturated heterocycles. The summed E-state index contributed by atoms with van der Waals surface area (Å²) < 4.78 is 28.9. The van der Waals surface area contributed by atoms with Crippen molar-refractivity contribution in [3.63, 3.8) is 0 Å². The maximum Gasteiger partial charge on any atom is 0.408 e. The number of likely N-dealkylation sites (N-methyl/N-ethyl adjacent to an activating group) is 1. The Kier molecular flexibility index (Phi) is 11.3. The van der Waals surface area contributed by atoms with Crippen molar-refractivity contribution < 1.29 is 82.4 Å². The maximum absolute atomic E-state index is 13.5. The van der Waals surface area contributed by atoms with Gasteiger partial charge in [0.05, 0.1) is 18.2 Å². The van der Waals surface area contributed by atoms with Crippen LogP contribution in [0.4, 0.5) is 4.79 Å². The van der Waals surface area contributed by atoms with E-state index in [1.165, 1.54) is 0 Å². The summed E-state index contributed by atoms with van der Waals surface area (Å²) in [5.74, 6) is 1.43. The molecule has 6 atom stereocenters. The van der Waals surface area contributed by atoms with E-state index < -0.39 is 35.7 Å². The van der Waals surface area contributed by atoms with Crippen LogP contribution in [0.3, 0.4) is 0 Å². The zero-order chi connectivity index (χ0) is 35.5. The number of aryl methyl sites for hydroxylation is 1. The summed E-state index contributed by atoms with van der Waals surface area (Å²) in [7, 11) is 3.64. The number of fused-ring (bicyclic) bond motifs is 9. The normalized spacial score (nSPS) is 24.0. The zero-order valence-corrected chi connectivity index (χ0v) is 35.0. The number of methoxy groups -OCH3 is 1. The van der Waals surface area contributed by atoms with Crippen LogP contribution >= 0.6 is 0 Å². The smallest absolute Gasteiger partial charge is 0.408 e. The number of nitriles is 1. The molecule has 14 heteroatoms. The average molecular weight is 905 g/mol. The molecule has 6 rings (SSSR count). The molecule has 2 aromatic carbocycles. The van der Waals surface area contributed by atoms with Crippen molar-refractivity contribution in [1.29, 1.82) is 5.26 Å². The quantitative estimate of drug-likeness (QED) is 0.348. The van der Waals surface area contributed by atoms with Crippen LogP contribution < -0.4 is 24.8 Å². The van der Waals surface area contributed by atoms with Crippen LogP contribution in [-0.2, 0) is 27.1 Å². The number of hydrogen-bond donors (Lipinski definition) is 3. The van der Waals surface area contributed by atoms with Gasteiger partial charge < -0.3 is 39.4 Å². The van der Waals surface area contributed by atoms with Gasteiger partial charge in [-0.1, -0.05) is 6.07 Å². The number of carbonyl (C=O) groups is 2. The van der Waals surface area contributed by atoms with E-state index in [2.05, 4.69) is 46.5 Å². The number of carbonyl (C=O) groups excluding carboxylic acids is 2. The van der Waals surface area contributed by atoms with Gasteiger partial charge in [0.25, 0.3) is 0 Å². The molecule has 4 aliphatic heterocycles. The number of piperazine rings is 1. The third-order valence-electron chi connectivity index (χ3n) is 10.4. The summed E-state index contributed by atoms with van der Waals surface area (Å²) in [5.41, 5.74) is 5.54. The number of alkyl carbamates (subject to hydrolysis) is 1. The molecule has 4 aliphatic rings. The third kappa shape index (κ3) is 6.65. The topological polar surface area (TPSA) is 155 Å². The second-order valence-corrected chi connectivity index (χ2v) is 14.5. The number of phenols is 1. The Hall–Kier alpha value is -2.81. The molecular formula is C36H47AcN5O8. The Morgan fingerprint density at radius 1 is 1.12 bits per heavy atom. The molecule has 3 N–H and O–H groups in total. The molecule has 1 radical (unpaired) electrons. The number of benzene rings is 2. The summed E-state index contributed by atoms with van der Waals surface area (Å²) >= 11 is 0. The number of ether oxygens (including phenoxy) is 5. The van der Waals surface area contributed by atoms with Gasteiger partial charge in [-0.2, -0.15) is 5.26 Å². The fourth-order valence-corrected chi connectivity index (χ4v) is 8.09. The minimum absolute atomic E-state index is 0. The first-order valence-corrected chi connectivity index (χ1v) is 16.7. The number of nitrogens with zero attached hydrogens (tertiary/aromatic N) is 3. The molecule has 267 valence electrons. The molecular weight excluding hydrogens is 857 g/mol. The minimum atomic E-state index is -0.900. The van der Waals surface area contributed by atoms with Gasteiger partial charge in [0, 0.05) is 92.1 Å². The first-order valence-electron chi connectivity index (χ1n) is 16.7. The van der Waals surface area contributed by atoms with Gasteiger partial charge in [-0.05, 0) is 85.0 Å². The van der Waals surface area contributed by atoms with Gasteiger partial charge >= 0.3 is 6.09 Å². The minimum Gasteiger partial charge on any atom is -0.507 e. The van der Waals surface area contributed by atoms with Crippen molar-refractivity contribution >= 4 is 12.0 Å². The molecule has 2 amide bonds.